The summed E-state index contributed by atoms with van der Waals surface area (Å²) in [7, 11) is 0. The molecule has 74 valence electrons. The van der Waals surface area contributed by atoms with E-state index in [0.717, 1.165) is 31.2 Å². The van der Waals surface area contributed by atoms with Gasteiger partial charge in [0.2, 0.25) is 0 Å². The Kier molecular flexibility index (Phi) is 4.78. The Morgan fingerprint density at radius 1 is 1.07 bits per heavy atom. The van der Waals surface area contributed by atoms with Crippen LogP contribution >= 0.6 is 0 Å². The van der Waals surface area contributed by atoms with Gasteiger partial charge < -0.3 is 0 Å². The fourth-order valence-electron chi connectivity index (χ4n) is 1.16. The highest BCUT2D eigenvalue weighted by Crippen LogP contribution is 2.04. The molecule has 0 unspecified atom stereocenters. The van der Waals surface area contributed by atoms with E-state index in [0.29, 0.717) is 0 Å². The van der Waals surface area contributed by atoms with Crippen LogP contribution in [0.5, 0.6) is 0 Å². The molecule has 14 heavy (non-hydrogen) atoms. The van der Waals surface area contributed by atoms with Crippen LogP contribution in [0.3, 0.4) is 0 Å². The summed E-state index contributed by atoms with van der Waals surface area (Å²) in [4.78, 5) is 0. The molecule has 0 saturated carbocycles. The molecule has 0 heterocycles. The molecule has 0 saturated heterocycles. The Labute approximate surface area is 85.2 Å². The van der Waals surface area contributed by atoms with Crippen molar-refractivity contribution in [3.05, 3.63) is 35.6 Å². The van der Waals surface area contributed by atoms with E-state index in [1.807, 2.05) is 12.1 Å². The molecule has 0 aliphatic heterocycles. The number of hydrogen-bond donors (Lipinski definition) is 0. The molecule has 0 bridgehead atoms. The van der Waals surface area contributed by atoms with Gasteiger partial charge in [0.25, 0.3) is 0 Å². The predicted octanol–water partition coefficient (Wildman–Crippen LogP) is 3.56. The van der Waals surface area contributed by atoms with Crippen molar-refractivity contribution in [1.29, 1.82) is 0 Å². The van der Waals surface area contributed by atoms with Gasteiger partial charge in [0.15, 0.2) is 0 Å². The summed E-state index contributed by atoms with van der Waals surface area (Å²) in [5, 5.41) is 0. The largest absolute Gasteiger partial charge is 0.207 e. The molecule has 0 spiro atoms. The van der Waals surface area contributed by atoms with Gasteiger partial charge in [0, 0.05) is 12.8 Å². The highest BCUT2D eigenvalue weighted by Gasteiger charge is 1.91. The van der Waals surface area contributed by atoms with E-state index in [-0.39, 0.29) is 5.82 Å². The van der Waals surface area contributed by atoms with Gasteiger partial charge in [-0.1, -0.05) is 19.1 Å². The summed E-state index contributed by atoms with van der Waals surface area (Å²) < 4.78 is 12.5. The molecule has 0 nitrogen and oxygen atoms in total. The van der Waals surface area contributed by atoms with Crippen LogP contribution < -0.4 is 0 Å². The maximum absolute atomic E-state index is 12.5. The number of unbranched alkanes of at least 4 members (excludes halogenated alkanes) is 1. The summed E-state index contributed by atoms with van der Waals surface area (Å²) in [6, 6.07) is 6.62. The second kappa shape index (κ2) is 6.21. The van der Waals surface area contributed by atoms with Gasteiger partial charge in [-0.05, 0) is 30.5 Å². The summed E-state index contributed by atoms with van der Waals surface area (Å²) >= 11 is 0. The van der Waals surface area contributed by atoms with Crippen LogP contribution in [0.4, 0.5) is 4.39 Å². The first kappa shape index (κ1) is 10.8. The zero-order valence-electron chi connectivity index (χ0n) is 8.52. The van der Waals surface area contributed by atoms with E-state index < -0.39 is 0 Å². The number of rotatable bonds is 3. The van der Waals surface area contributed by atoms with Gasteiger partial charge in [-0.2, -0.15) is 0 Å². The van der Waals surface area contributed by atoms with Crippen LogP contribution in [0.2, 0.25) is 0 Å². The molecule has 0 atom stereocenters. The maximum atomic E-state index is 12.5. The lowest BCUT2D eigenvalue weighted by molar-refractivity contribution is 0.627. The minimum Gasteiger partial charge on any atom is -0.207 e. The zero-order valence-corrected chi connectivity index (χ0v) is 8.52. The van der Waals surface area contributed by atoms with E-state index in [1.165, 1.54) is 12.1 Å². The molecule has 0 N–H and O–H groups in total. The monoisotopic (exact) mass is 190 g/mol. The van der Waals surface area contributed by atoms with E-state index in [9.17, 15) is 4.39 Å². The van der Waals surface area contributed by atoms with Crippen molar-refractivity contribution in [1.82, 2.24) is 0 Å². The van der Waals surface area contributed by atoms with Gasteiger partial charge in [-0.15, -0.1) is 11.8 Å². The van der Waals surface area contributed by atoms with Crippen molar-refractivity contribution >= 4 is 0 Å². The molecule has 1 aromatic rings. The summed E-state index contributed by atoms with van der Waals surface area (Å²) in [5.41, 5.74) is 1.15. The molecule has 0 radical (unpaired) electrons. The van der Waals surface area contributed by atoms with Crippen LogP contribution in [0.25, 0.3) is 0 Å². The highest BCUT2D eigenvalue weighted by atomic mass is 19.1. The smallest absolute Gasteiger partial charge is 0.123 e. The van der Waals surface area contributed by atoms with Gasteiger partial charge in [-0.3, -0.25) is 0 Å². The summed E-state index contributed by atoms with van der Waals surface area (Å²) in [5.74, 6) is 6.02. The lowest BCUT2D eigenvalue weighted by Crippen LogP contribution is -1.83. The maximum Gasteiger partial charge on any atom is 0.123 e. The molecule has 0 aromatic heterocycles. The molecule has 1 aromatic carbocycles. The normalized spacial score (nSPS) is 9.29. The van der Waals surface area contributed by atoms with E-state index in [4.69, 9.17) is 0 Å². The Hall–Kier alpha value is -1.29. The molecule has 0 aliphatic carbocycles. The lowest BCUT2D eigenvalue weighted by Gasteiger charge is -1.95. The van der Waals surface area contributed by atoms with Gasteiger partial charge in [0.05, 0.1) is 0 Å². The van der Waals surface area contributed by atoms with E-state index in [1.54, 1.807) is 0 Å². The lowest BCUT2D eigenvalue weighted by atomic mass is 10.1. The standard InChI is InChI=1S/C13H15F/c1-2-3-4-5-6-7-12-8-10-13(14)11-9-12/h8-11H,2-3,6-7H2,1H3. The van der Waals surface area contributed by atoms with Crippen molar-refractivity contribution in [2.45, 2.75) is 32.6 Å². The molecular weight excluding hydrogens is 175 g/mol. The summed E-state index contributed by atoms with van der Waals surface area (Å²) in [6.07, 6.45) is 3.87. The zero-order chi connectivity index (χ0) is 10.2. The van der Waals surface area contributed by atoms with Crippen LogP contribution in [0.1, 0.15) is 31.7 Å². The first-order valence-corrected chi connectivity index (χ1v) is 5.03. The van der Waals surface area contributed by atoms with Crippen molar-refractivity contribution < 1.29 is 4.39 Å². The fraction of sp³-hybridized carbons (Fsp3) is 0.385. The topological polar surface area (TPSA) is 0 Å². The van der Waals surface area contributed by atoms with Crippen LogP contribution in [-0.4, -0.2) is 0 Å². The number of hydrogen-bond acceptors (Lipinski definition) is 0. The second-order valence-electron chi connectivity index (χ2n) is 3.23. The second-order valence-corrected chi connectivity index (χ2v) is 3.23. The SMILES string of the molecule is CCCC#CCCc1ccc(F)cc1. The number of halogens is 1. The Morgan fingerprint density at radius 3 is 2.36 bits per heavy atom. The highest BCUT2D eigenvalue weighted by molar-refractivity contribution is 5.17. The molecule has 1 rings (SSSR count). The third-order valence-electron chi connectivity index (χ3n) is 1.95. The van der Waals surface area contributed by atoms with Gasteiger partial charge >= 0.3 is 0 Å². The van der Waals surface area contributed by atoms with Crippen LogP contribution in [0, 0.1) is 17.7 Å². The van der Waals surface area contributed by atoms with Crippen molar-refractivity contribution in [3.8, 4) is 11.8 Å². The minimum absolute atomic E-state index is 0.175. The minimum atomic E-state index is -0.175. The van der Waals surface area contributed by atoms with Crippen molar-refractivity contribution in [2.75, 3.05) is 0 Å². The van der Waals surface area contributed by atoms with Crippen molar-refractivity contribution in [2.24, 2.45) is 0 Å². The fourth-order valence-corrected chi connectivity index (χ4v) is 1.16. The Balaban J connectivity index is 2.32. The van der Waals surface area contributed by atoms with Crippen LogP contribution in [-0.2, 0) is 6.42 Å². The third-order valence-corrected chi connectivity index (χ3v) is 1.95. The first-order chi connectivity index (χ1) is 6.83. The first-order valence-electron chi connectivity index (χ1n) is 5.03. The average Bonchev–Trinajstić information content (AvgIpc) is 2.21. The van der Waals surface area contributed by atoms with Crippen molar-refractivity contribution in [3.63, 3.8) is 0 Å². The predicted molar refractivity (Wildman–Crippen MR) is 57.4 cm³/mol. The molecular formula is C13H15F. The number of aryl methyl sites for hydroxylation is 1. The average molecular weight is 190 g/mol. The summed E-state index contributed by atoms with van der Waals surface area (Å²) in [6.45, 7) is 2.12. The molecule has 0 aliphatic rings. The molecule has 1 heteroatoms. The van der Waals surface area contributed by atoms with Gasteiger partial charge in [-0.25, -0.2) is 4.39 Å². The van der Waals surface area contributed by atoms with Crippen LogP contribution in [0.15, 0.2) is 24.3 Å². The van der Waals surface area contributed by atoms with E-state index in [2.05, 4.69) is 18.8 Å². The Bertz CT molecular complexity index is 313. The third kappa shape index (κ3) is 4.09. The molecule has 0 fully saturated rings. The molecule has 0 amide bonds. The van der Waals surface area contributed by atoms with Gasteiger partial charge in [0.1, 0.15) is 5.82 Å². The quantitative estimate of drug-likeness (QED) is 0.639. The Morgan fingerprint density at radius 2 is 1.71 bits per heavy atom. The van der Waals surface area contributed by atoms with E-state index >= 15 is 0 Å². The number of benzene rings is 1.